The summed E-state index contributed by atoms with van der Waals surface area (Å²) in [6.07, 6.45) is 4.85. The maximum Gasteiger partial charge on any atom is 0.0600 e. The second-order valence-corrected chi connectivity index (χ2v) is 2.59. The first-order valence-electron chi connectivity index (χ1n) is 3.71. The van der Waals surface area contributed by atoms with E-state index in [4.69, 9.17) is 5.11 Å². The van der Waals surface area contributed by atoms with E-state index in [1.54, 1.807) is 0 Å². The van der Waals surface area contributed by atoms with Crippen molar-refractivity contribution < 1.29 is 5.11 Å². The Kier molecular flexibility index (Phi) is 3.01. The molecule has 9 heavy (non-hydrogen) atoms. The fraction of sp³-hybridized carbons (Fsp3) is 1.00. The van der Waals surface area contributed by atoms with Crippen molar-refractivity contribution in [1.82, 2.24) is 5.32 Å². The molecule has 1 aliphatic heterocycles. The van der Waals surface area contributed by atoms with Crippen LogP contribution in [0.5, 0.6) is 0 Å². The quantitative estimate of drug-likeness (QED) is 0.549. The van der Waals surface area contributed by atoms with Crippen LogP contribution in [0.3, 0.4) is 0 Å². The van der Waals surface area contributed by atoms with Crippen LogP contribution in [0.15, 0.2) is 0 Å². The zero-order valence-corrected chi connectivity index (χ0v) is 5.71. The van der Waals surface area contributed by atoms with Crippen LogP contribution in [-0.2, 0) is 0 Å². The lowest BCUT2D eigenvalue weighted by atomic mass is 10.1. The third-order valence-corrected chi connectivity index (χ3v) is 1.79. The second kappa shape index (κ2) is 3.85. The van der Waals surface area contributed by atoms with Crippen molar-refractivity contribution in [3.05, 3.63) is 0 Å². The van der Waals surface area contributed by atoms with Crippen molar-refractivity contribution in [2.45, 2.75) is 31.7 Å². The van der Waals surface area contributed by atoms with E-state index in [2.05, 4.69) is 5.32 Å². The van der Waals surface area contributed by atoms with Gasteiger partial charge in [0.2, 0.25) is 0 Å². The van der Waals surface area contributed by atoms with Crippen molar-refractivity contribution in [1.29, 1.82) is 0 Å². The van der Waals surface area contributed by atoms with Gasteiger partial charge < -0.3 is 5.11 Å². The molecule has 0 amide bonds. The van der Waals surface area contributed by atoms with Crippen LogP contribution in [-0.4, -0.2) is 24.3 Å². The number of rotatable bonds is 1. The van der Waals surface area contributed by atoms with Gasteiger partial charge in [-0.1, -0.05) is 12.8 Å². The van der Waals surface area contributed by atoms with Crippen LogP contribution in [0, 0.1) is 0 Å². The third-order valence-electron chi connectivity index (χ3n) is 1.79. The molecule has 1 radical (unpaired) electrons. The Labute approximate surface area is 56.3 Å². The highest BCUT2D eigenvalue weighted by Crippen LogP contribution is 2.08. The number of hydrogen-bond donors (Lipinski definition) is 1. The summed E-state index contributed by atoms with van der Waals surface area (Å²) in [5, 5.41) is 13.0. The fourth-order valence-electron chi connectivity index (χ4n) is 1.18. The Morgan fingerprint density at radius 1 is 1.33 bits per heavy atom. The van der Waals surface area contributed by atoms with Crippen LogP contribution < -0.4 is 5.32 Å². The predicted octanol–water partition coefficient (Wildman–Crippen LogP) is 0.526. The lowest BCUT2D eigenvalue weighted by Gasteiger charge is -2.08. The molecule has 2 nitrogen and oxygen atoms in total. The summed E-state index contributed by atoms with van der Waals surface area (Å²) in [6.45, 7) is 1.21. The summed E-state index contributed by atoms with van der Waals surface area (Å²) in [7, 11) is 0. The maximum absolute atomic E-state index is 8.72. The molecule has 1 atom stereocenters. The van der Waals surface area contributed by atoms with Crippen molar-refractivity contribution in [3.8, 4) is 0 Å². The first-order chi connectivity index (χ1) is 4.43. The van der Waals surface area contributed by atoms with Gasteiger partial charge in [-0.3, -0.25) is 0 Å². The molecule has 0 aliphatic carbocycles. The van der Waals surface area contributed by atoms with Crippen molar-refractivity contribution in [3.63, 3.8) is 0 Å². The zero-order chi connectivity index (χ0) is 6.53. The summed E-state index contributed by atoms with van der Waals surface area (Å²) in [5.41, 5.74) is 0. The first-order valence-corrected chi connectivity index (χ1v) is 3.71. The molecule has 0 aromatic rings. The normalized spacial score (nSPS) is 29.7. The monoisotopic (exact) mass is 128 g/mol. The van der Waals surface area contributed by atoms with Gasteiger partial charge in [0.25, 0.3) is 0 Å². The molecule has 53 valence electrons. The predicted molar refractivity (Wildman–Crippen MR) is 36.3 cm³/mol. The minimum absolute atomic E-state index is 0.250. The van der Waals surface area contributed by atoms with Crippen LogP contribution in [0.4, 0.5) is 0 Å². The number of hydrogen-bond acceptors (Lipinski definition) is 1. The molecule has 1 heterocycles. The first kappa shape index (κ1) is 7.03. The lowest BCUT2D eigenvalue weighted by molar-refractivity contribution is 0.238. The Morgan fingerprint density at radius 2 is 2.22 bits per heavy atom. The van der Waals surface area contributed by atoms with E-state index in [0.29, 0.717) is 0 Å². The molecule has 1 N–H and O–H groups in total. The van der Waals surface area contributed by atoms with Crippen molar-refractivity contribution in [2.24, 2.45) is 0 Å². The van der Waals surface area contributed by atoms with E-state index in [1.807, 2.05) is 0 Å². The van der Waals surface area contributed by atoms with Gasteiger partial charge in [-0.2, -0.15) is 0 Å². The number of aliphatic hydroxyl groups is 1. The van der Waals surface area contributed by atoms with Gasteiger partial charge in [-0.25, -0.2) is 5.32 Å². The standard InChI is InChI=1S/C7H14NO/c9-6-7-4-2-1-3-5-8-7/h7,9H,1-6H2. The molecule has 1 rings (SSSR count). The molecular formula is C7H14NO. The van der Waals surface area contributed by atoms with Crippen LogP contribution in [0.1, 0.15) is 25.7 Å². The average molecular weight is 128 g/mol. The highest BCUT2D eigenvalue weighted by atomic mass is 16.3. The van der Waals surface area contributed by atoms with Crippen molar-refractivity contribution in [2.75, 3.05) is 13.2 Å². The molecular weight excluding hydrogens is 114 g/mol. The van der Waals surface area contributed by atoms with Crippen LogP contribution in [0.25, 0.3) is 0 Å². The molecule has 2 heteroatoms. The summed E-state index contributed by atoms with van der Waals surface area (Å²) in [5.74, 6) is 0. The third kappa shape index (κ3) is 2.33. The summed E-state index contributed by atoms with van der Waals surface area (Å²) >= 11 is 0. The fourth-order valence-corrected chi connectivity index (χ4v) is 1.18. The SMILES string of the molecule is OCC1CCCCC[N]1. The molecule has 1 saturated heterocycles. The van der Waals surface area contributed by atoms with E-state index in [0.717, 1.165) is 13.0 Å². The smallest absolute Gasteiger partial charge is 0.0600 e. The average Bonchev–Trinajstić information content (AvgIpc) is 2.13. The molecule has 0 bridgehead atoms. The Hall–Kier alpha value is -0.0800. The summed E-state index contributed by atoms with van der Waals surface area (Å²) in [4.78, 5) is 0. The van der Waals surface area contributed by atoms with Gasteiger partial charge in [0, 0.05) is 12.6 Å². The summed E-state index contributed by atoms with van der Waals surface area (Å²) < 4.78 is 0. The van der Waals surface area contributed by atoms with Crippen LogP contribution in [0.2, 0.25) is 0 Å². The largest absolute Gasteiger partial charge is 0.395 e. The summed E-state index contributed by atoms with van der Waals surface area (Å²) in [6, 6.07) is 0.257. The molecule has 0 aromatic carbocycles. The Bertz CT molecular complexity index is 67.3. The van der Waals surface area contributed by atoms with Crippen molar-refractivity contribution >= 4 is 0 Å². The van der Waals surface area contributed by atoms with Crippen LogP contribution >= 0.6 is 0 Å². The van der Waals surface area contributed by atoms with Gasteiger partial charge in [0.15, 0.2) is 0 Å². The molecule has 1 unspecified atom stereocenters. The number of aliphatic hydroxyl groups excluding tert-OH is 1. The number of nitrogens with zero attached hydrogens (tertiary/aromatic N) is 1. The second-order valence-electron chi connectivity index (χ2n) is 2.59. The molecule has 0 spiro atoms. The highest BCUT2D eigenvalue weighted by Gasteiger charge is 2.09. The lowest BCUT2D eigenvalue weighted by Crippen LogP contribution is -2.24. The maximum atomic E-state index is 8.72. The van der Waals surface area contributed by atoms with Gasteiger partial charge in [-0.05, 0) is 12.8 Å². The molecule has 0 aromatic heterocycles. The van der Waals surface area contributed by atoms with E-state index in [9.17, 15) is 0 Å². The van der Waals surface area contributed by atoms with E-state index in [1.165, 1.54) is 19.3 Å². The van der Waals surface area contributed by atoms with Gasteiger partial charge in [-0.15, -0.1) is 0 Å². The van der Waals surface area contributed by atoms with E-state index in [-0.39, 0.29) is 12.6 Å². The minimum atomic E-state index is 0.250. The topological polar surface area (TPSA) is 34.3 Å². The van der Waals surface area contributed by atoms with Gasteiger partial charge in [0.1, 0.15) is 0 Å². The van der Waals surface area contributed by atoms with Gasteiger partial charge >= 0.3 is 0 Å². The van der Waals surface area contributed by atoms with E-state index >= 15 is 0 Å². The minimum Gasteiger partial charge on any atom is -0.395 e. The van der Waals surface area contributed by atoms with E-state index < -0.39 is 0 Å². The molecule has 1 aliphatic rings. The highest BCUT2D eigenvalue weighted by molar-refractivity contribution is 4.68. The van der Waals surface area contributed by atoms with Gasteiger partial charge in [0.05, 0.1) is 6.61 Å². The molecule has 0 saturated carbocycles. The Morgan fingerprint density at radius 3 is 3.00 bits per heavy atom. The Balaban J connectivity index is 2.18. The molecule has 1 fully saturated rings. The zero-order valence-electron chi connectivity index (χ0n) is 5.71.